The number of aryl methyl sites for hydroxylation is 4. The van der Waals surface area contributed by atoms with Crippen LogP contribution in [0.4, 0.5) is 0 Å². The largest absolute Gasteiger partial charge is 0.451 e. The molecule has 5 nitrogen and oxygen atoms in total. The predicted molar refractivity (Wildman–Crippen MR) is 117 cm³/mol. The number of ether oxygens (including phenoxy) is 1. The van der Waals surface area contributed by atoms with Gasteiger partial charge in [0, 0.05) is 5.56 Å². The predicted octanol–water partition coefficient (Wildman–Crippen LogP) is 5.25. The van der Waals surface area contributed by atoms with Crippen molar-refractivity contribution in [2.24, 2.45) is 0 Å². The molecule has 1 aromatic heterocycles. The SMILES string of the molecule is Cc1ccc(Cn2nc(C)c(C(=O)O[C@@H](C)C(=O)c3ccc(C)c(C)c3)c2Cl)cc1. The number of ketones is 1. The summed E-state index contributed by atoms with van der Waals surface area (Å²) in [7, 11) is 0. The van der Waals surface area contributed by atoms with Gasteiger partial charge < -0.3 is 4.74 Å². The third kappa shape index (κ3) is 4.62. The Morgan fingerprint density at radius 1 is 1.03 bits per heavy atom. The van der Waals surface area contributed by atoms with Gasteiger partial charge in [-0.3, -0.25) is 4.79 Å². The summed E-state index contributed by atoms with van der Waals surface area (Å²) in [5.74, 6) is -0.912. The van der Waals surface area contributed by atoms with E-state index in [1.54, 1.807) is 30.7 Å². The van der Waals surface area contributed by atoms with Crippen LogP contribution in [0.25, 0.3) is 0 Å². The number of carbonyl (C=O) groups is 2. The lowest BCUT2D eigenvalue weighted by molar-refractivity contribution is 0.0318. The number of carbonyl (C=O) groups excluding carboxylic acids is 2. The minimum absolute atomic E-state index is 0.184. The fourth-order valence-electron chi connectivity index (χ4n) is 3.16. The second kappa shape index (κ2) is 8.84. The van der Waals surface area contributed by atoms with Crippen molar-refractivity contribution in [2.45, 2.75) is 47.3 Å². The smallest absolute Gasteiger partial charge is 0.343 e. The molecule has 0 saturated carbocycles. The van der Waals surface area contributed by atoms with E-state index in [0.29, 0.717) is 17.8 Å². The molecule has 0 spiro atoms. The molecule has 3 rings (SSSR count). The first-order valence-corrected chi connectivity index (χ1v) is 10.2. The molecule has 0 bridgehead atoms. The minimum Gasteiger partial charge on any atom is -0.451 e. The van der Waals surface area contributed by atoms with E-state index in [4.69, 9.17) is 16.3 Å². The highest BCUT2D eigenvalue weighted by Gasteiger charge is 2.26. The monoisotopic (exact) mass is 424 g/mol. The molecule has 0 N–H and O–H groups in total. The minimum atomic E-state index is -0.935. The summed E-state index contributed by atoms with van der Waals surface area (Å²) in [6.07, 6.45) is -0.935. The van der Waals surface area contributed by atoms with Gasteiger partial charge in [-0.1, -0.05) is 53.6 Å². The lowest BCUT2D eigenvalue weighted by atomic mass is 10.0. The number of hydrogen-bond acceptors (Lipinski definition) is 4. The molecule has 1 atom stereocenters. The van der Waals surface area contributed by atoms with Crippen LogP contribution in [0.15, 0.2) is 42.5 Å². The molecule has 0 aliphatic rings. The van der Waals surface area contributed by atoms with Gasteiger partial charge in [0.05, 0.1) is 12.2 Å². The van der Waals surface area contributed by atoms with Gasteiger partial charge in [0.15, 0.2) is 6.10 Å². The average molecular weight is 425 g/mol. The van der Waals surface area contributed by atoms with Gasteiger partial charge in [-0.05, 0) is 57.4 Å². The van der Waals surface area contributed by atoms with Gasteiger partial charge in [0.2, 0.25) is 5.78 Å². The topological polar surface area (TPSA) is 61.2 Å². The number of hydrogen-bond donors (Lipinski definition) is 0. The lowest BCUT2D eigenvalue weighted by Gasteiger charge is -2.13. The van der Waals surface area contributed by atoms with Crippen molar-refractivity contribution in [1.82, 2.24) is 9.78 Å². The van der Waals surface area contributed by atoms with Gasteiger partial charge in [-0.2, -0.15) is 5.10 Å². The zero-order valence-corrected chi connectivity index (χ0v) is 18.6. The van der Waals surface area contributed by atoms with E-state index in [1.807, 2.05) is 51.1 Å². The standard InChI is InChI=1S/C24H25ClN2O3/c1-14-6-9-19(10-7-14)13-27-23(25)21(17(4)26-27)24(29)30-18(5)22(28)20-11-8-15(2)16(3)12-20/h6-12,18H,13H2,1-5H3/t18-/m0/s1. The van der Waals surface area contributed by atoms with Crippen molar-refractivity contribution >= 4 is 23.4 Å². The summed E-state index contributed by atoms with van der Waals surface area (Å²) in [4.78, 5) is 25.4. The molecule has 0 saturated heterocycles. The Morgan fingerprint density at radius 2 is 1.70 bits per heavy atom. The lowest BCUT2D eigenvalue weighted by Crippen LogP contribution is -2.25. The van der Waals surface area contributed by atoms with Crippen LogP contribution in [-0.2, 0) is 11.3 Å². The zero-order valence-electron chi connectivity index (χ0n) is 17.8. The first-order valence-electron chi connectivity index (χ1n) is 9.78. The van der Waals surface area contributed by atoms with Crippen LogP contribution in [0.3, 0.4) is 0 Å². The van der Waals surface area contributed by atoms with Crippen molar-refractivity contribution < 1.29 is 14.3 Å². The normalized spacial score (nSPS) is 11.9. The van der Waals surface area contributed by atoms with Crippen molar-refractivity contribution in [3.8, 4) is 0 Å². The number of halogens is 1. The number of aromatic nitrogens is 2. The third-order valence-corrected chi connectivity index (χ3v) is 5.55. The number of Topliss-reactive ketones (excluding diaryl/α,β-unsaturated/α-hetero) is 1. The maximum absolute atomic E-state index is 12.8. The molecule has 3 aromatic rings. The molecule has 30 heavy (non-hydrogen) atoms. The molecule has 1 heterocycles. The second-order valence-electron chi connectivity index (χ2n) is 7.61. The molecule has 156 valence electrons. The molecule has 6 heteroatoms. The zero-order chi connectivity index (χ0) is 22.0. The fraction of sp³-hybridized carbons (Fsp3) is 0.292. The van der Waals surface area contributed by atoms with Crippen LogP contribution in [0.5, 0.6) is 0 Å². The number of rotatable bonds is 6. The van der Waals surface area contributed by atoms with Gasteiger partial charge in [0.1, 0.15) is 10.7 Å². The molecule has 2 aromatic carbocycles. The highest BCUT2D eigenvalue weighted by atomic mass is 35.5. The molecular formula is C24H25ClN2O3. The van der Waals surface area contributed by atoms with Crippen molar-refractivity contribution in [3.05, 3.63) is 86.7 Å². The summed E-state index contributed by atoms with van der Waals surface area (Å²) in [5, 5.41) is 4.58. The summed E-state index contributed by atoms with van der Waals surface area (Å²) in [6.45, 7) is 9.63. The molecule has 0 unspecified atom stereocenters. The highest BCUT2D eigenvalue weighted by Crippen LogP contribution is 2.23. The molecule has 0 amide bonds. The van der Waals surface area contributed by atoms with E-state index in [-0.39, 0.29) is 16.5 Å². The maximum atomic E-state index is 12.8. The first kappa shape index (κ1) is 21.8. The Bertz CT molecular complexity index is 1100. The van der Waals surface area contributed by atoms with E-state index in [2.05, 4.69) is 5.10 Å². The summed E-state index contributed by atoms with van der Waals surface area (Å²) >= 11 is 6.44. The van der Waals surface area contributed by atoms with E-state index in [9.17, 15) is 9.59 Å². The Morgan fingerprint density at radius 3 is 2.33 bits per heavy atom. The van der Waals surface area contributed by atoms with Gasteiger partial charge in [0.25, 0.3) is 0 Å². The van der Waals surface area contributed by atoms with Gasteiger partial charge in [-0.15, -0.1) is 0 Å². The summed E-state index contributed by atoms with van der Waals surface area (Å²) in [5.41, 5.74) is 5.44. The Labute approximate surface area is 181 Å². The van der Waals surface area contributed by atoms with Crippen LogP contribution >= 0.6 is 11.6 Å². The Kier molecular flexibility index (Phi) is 6.42. The molecular weight excluding hydrogens is 400 g/mol. The van der Waals surface area contributed by atoms with E-state index >= 15 is 0 Å². The van der Waals surface area contributed by atoms with Crippen molar-refractivity contribution in [1.29, 1.82) is 0 Å². The molecule has 0 fully saturated rings. The van der Waals surface area contributed by atoms with E-state index in [0.717, 1.165) is 22.3 Å². The van der Waals surface area contributed by atoms with Gasteiger partial charge in [-0.25, -0.2) is 9.48 Å². The van der Waals surface area contributed by atoms with E-state index < -0.39 is 12.1 Å². The van der Waals surface area contributed by atoms with Crippen LogP contribution < -0.4 is 0 Å². The Balaban J connectivity index is 1.76. The van der Waals surface area contributed by atoms with Gasteiger partial charge >= 0.3 is 5.97 Å². The number of esters is 1. The fourth-order valence-corrected chi connectivity index (χ4v) is 3.47. The number of nitrogens with zero attached hydrogens (tertiary/aromatic N) is 2. The highest BCUT2D eigenvalue weighted by molar-refractivity contribution is 6.32. The average Bonchev–Trinajstić information content (AvgIpc) is 2.98. The molecule has 0 aliphatic heterocycles. The summed E-state index contributed by atoms with van der Waals surface area (Å²) < 4.78 is 7.00. The third-order valence-electron chi connectivity index (χ3n) is 5.17. The van der Waals surface area contributed by atoms with Crippen molar-refractivity contribution in [3.63, 3.8) is 0 Å². The summed E-state index contributed by atoms with van der Waals surface area (Å²) in [6, 6.07) is 13.4. The van der Waals surface area contributed by atoms with Crippen LogP contribution in [0.1, 0.15) is 55.6 Å². The second-order valence-corrected chi connectivity index (χ2v) is 7.96. The van der Waals surface area contributed by atoms with Crippen molar-refractivity contribution in [2.75, 3.05) is 0 Å². The van der Waals surface area contributed by atoms with E-state index in [1.165, 1.54) is 0 Å². The van der Waals surface area contributed by atoms with Crippen LogP contribution in [0.2, 0.25) is 5.15 Å². The Hall–Kier alpha value is -2.92. The molecule has 0 aliphatic carbocycles. The number of benzene rings is 2. The maximum Gasteiger partial charge on any atom is 0.343 e. The first-order chi connectivity index (χ1) is 14.2. The van der Waals surface area contributed by atoms with Crippen LogP contribution in [0, 0.1) is 27.7 Å². The van der Waals surface area contributed by atoms with Crippen LogP contribution in [-0.4, -0.2) is 27.6 Å². The quantitative estimate of drug-likeness (QED) is 0.400. The molecule has 0 radical (unpaired) electrons.